The Hall–Kier alpha value is -1.32. The summed E-state index contributed by atoms with van der Waals surface area (Å²) in [6, 6.07) is 9.07. The number of nitrogens with zero attached hydrogens (tertiary/aromatic N) is 1. The van der Waals surface area contributed by atoms with E-state index in [1.165, 1.54) is 36.9 Å². The van der Waals surface area contributed by atoms with Crippen LogP contribution in [0.25, 0.3) is 11.0 Å². The molecule has 1 aromatic heterocycles. The first-order valence-electron chi connectivity index (χ1n) is 7.32. The van der Waals surface area contributed by atoms with Crippen LogP contribution in [-0.2, 0) is 6.54 Å². The topological polar surface area (TPSA) is 28.4 Å². The predicted octanol–water partition coefficient (Wildman–Crippen LogP) is 2.62. The van der Waals surface area contributed by atoms with Gasteiger partial charge in [0.2, 0.25) is 0 Å². The van der Waals surface area contributed by atoms with Crippen LogP contribution in [0.1, 0.15) is 18.4 Å². The molecule has 2 aliphatic rings. The molecule has 2 atom stereocenters. The van der Waals surface area contributed by atoms with E-state index in [0.29, 0.717) is 0 Å². The van der Waals surface area contributed by atoms with Gasteiger partial charge in [0.15, 0.2) is 0 Å². The minimum atomic E-state index is 0.724. The lowest BCUT2D eigenvalue weighted by molar-refractivity contribution is 0.117. The highest BCUT2D eigenvalue weighted by Gasteiger charge is 2.34. The number of para-hydroxylation sites is 1. The van der Waals surface area contributed by atoms with E-state index in [4.69, 9.17) is 4.42 Å². The molecule has 2 aromatic rings. The van der Waals surface area contributed by atoms with Crippen molar-refractivity contribution in [2.45, 2.75) is 25.4 Å². The van der Waals surface area contributed by atoms with Gasteiger partial charge < -0.3 is 9.73 Å². The van der Waals surface area contributed by atoms with Crippen molar-refractivity contribution in [1.29, 1.82) is 0 Å². The zero-order valence-electron chi connectivity index (χ0n) is 11.1. The summed E-state index contributed by atoms with van der Waals surface area (Å²) in [7, 11) is 0. The Balaban J connectivity index is 1.60. The SMILES string of the molecule is c1ccc2c(CN3CCCC4CNCC43)coc2c1. The second-order valence-corrected chi connectivity index (χ2v) is 5.86. The summed E-state index contributed by atoms with van der Waals surface area (Å²) in [5.41, 5.74) is 2.35. The van der Waals surface area contributed by atoms with E-state index in [2.05, 4.69) is 28.4 Å². The van der Waals surface area contributed by atoms with Gasteiger partial charge in [-0.25, -0.2) is 0 Å². The van der Waals surface area contributed by atoms with Gasteiger partial charge in [-0.2, -0.15) is 0 Å². The zero-order chi connectivity index (χ0) is 12.7. The van der Waals surface area contributed by atoms with E-state index in [1.807, 2.05) is 12.3 Å². The Morgan fingerprint density at radius 1 is 1.26 bits per heavy atom. The quantitative estimate of drug-likeness (QED) is 0.895. The molecule has 0 bridgehead atoms. The molecule has 0 spiro atoms. The molecule has 1 aromatic carbocycles. The van der Waals surface area contributed by atoms with Gasteiger partial charge in [0.25, 0.3) is 0 Å². The summed E-state index contributed by atoms with van der Waals surface area (Å²) < 4.78 is 5.66. The fourth-order valence-electron chi connectivity index (χ4n) is 3.73. The summed E-state index contributed by atoms with van der Waals surface area (Å²) in [6.07, 6.45) is 4.66. The first-order chi connectivity index (χ1) is 9.42. The highest BCUT2D eigenvalue weighted by molar-refractivity contribution is 5.80. The van der Waals surface area contributed by atoms with Gasteiger partial charge in [-0.15, -0.1) is 0 Å². The van der Waals surface area contributed by atoms with Crippen LogP contribution in [0.15, 0.2) is 34.9 Å². The molecule has 2 unspecified atom stereocenters. The van der Waals surface area contributed by atoms with Crippen LogP contribution in [0.5, 0.6) is 0 Å². The average Bonchev–Trinajstić information content (AvgIpc) is 3.06. The summed E-state index contributed by atoms with van der Waals surface area (Å²) in [4.78, 5) is 2.64. The van der Waals surface area contributed by atoms with E-state index >= 15 is 0 Å². The van der Waals surface area contributed by atoms with Crippen molar-refractivity contribution in [3.8, 4) is 0 Å². The molecule has 3 nitrogen and oxygen atoms in total. The maximum Gasteiger partial charge on any atom is 0.134 e. The van der Waals surface area contributed by atoms with Gasteiger partial charge in [-0.3, -0.25) is 4.90 Å². The molecule has 0 aliphatic carbocycles. The number of piperidine rings is 1. The number of benzene rings is 1. The molecule has 0 radical (unpaired) electrons. The second-order valence-electron chi connectivity index (χ2n) is 5.86. The summed E-state index contributed by atoms with van der Waals surface area (Å²) in [5, 5.41) is 4.82. The van der Waals surface area contributed by atoms with Crippen LogP contribution in [0, 0.1) is 5.92 Å². The molecule has 0 saturated carbocycles. The molecule has 100 valence electrons. The van der Waals surface area contributed by atoms with Crippen LogP contribution >= 0.6 is 0 Å². The maximum absolute atomic E-state index is 5.66. The number of likely N-dealkylation sites (tertiary alicyclic amines) is 1. The van der Waals surface area contributed by atoms with Crippen molar-refractivity contribution in [3.05, 3.63) is 36.1 Å². The molecule has 2 aliphatic heterocycles. The van der Waals surface area contributed by atoms with Gasteiger partial charge in [0.05, 0.1) is 6.26 Å². The Kier molecular flexibility index (Phi) is 2.82. The number of fused-ring (bicyclic) bond motifs is 2. The third-order valence-electron chi connectivity index (χ3n) is 4.73. The van der Waals surface area contributed by atoms with Gasteiger partial charge in [0.1, 0.15) is 5.58 Å². The van der Waals surface area contributed by atoms with Crippen molar-refractivity contribution in [3.63, 3.8) is 0 Å². The molecule has 3 heteroatoms. The van der Waals surface area contributed by atoms with Crippen LogP contribution in [-0.4, -0.2) is 30.6 Å². The van der Waals surface area contributed by atoms with Crippen molar-refractivity contribution >= 4 is 11.0 Å². The van der Waals surface area contributed by atoms with Crippen molar-refractivity contribution in [1.82, 2.24) is 10.2 Å². The molecular formula is C16H20N2O. The van der Waals surface area contributed by atoms with Crippen LogP contribution in [0.4, 0.5) is 0 Å². The Morgan fingerprint density at radius 2 is 2.21 bits per heavy atom. The van der Waals surface area contributed by atoms with Gasteiger partial charge >= 0.3 is 0 Å². The fraction of sp³-hybridized carbons (Fsp3) is 0.500. The van der Waals surface area contributed by atoms with E-state index in [0.717, 1.165) is 30.6 Å². The Morgan fingerprint density at radius 3 is 3.21 bits per heavy atom. The standard InChI is InChI=1S/C16H20N2O/c1-2-6-16-14(5-1)13(11-19-16)10-18-7-3-4-12-8-17-9-15(12)18/h1-2,5-6,11-12,15,17H,3-4,7-10H2. The highest BCUT2D eigenvalue weighted by Crippen LogP contribution is 2.29. The average molecular weight is 256 g/mol. The minimum absolute atomic E-state index is 0.724. The number of furan rings is 1. The monoisotopic (exact) mass is 256 g/mol. The number of hydrogen-bond donors (Lipinski definition) is 1. The Labute approximate surface area is 113 Å². The number of rotatable bonds is 2. The molecular weight excluding hydrogens is 236 g/mol. The van der Waals surface area contributed by atoms with E-state index in [1.54, 1.807) is 0 Å². The highest BCUT2D eigenvalue weighted by atomic mass is 16.3. The zero-order valence-corrected chi connectivity index (χ0v) is 11.1. The van der Waals surface area contributed by atoms with Crippen LogP contribution in [0.3, 0.4) is 0 Å². The molecule has 1 N–H and O–H groups in total. The lowest BCUT2D eigenvalue weighted by Gasteiger charge is -2.36. The van der Waals surface area contributed by atoms with Crippen LogP contribution < -0.4 is 5.32 Å². The maximum atomic E-state index is 5.66. The van der Waals surface area contributed by atoms with Crippen molar-refractivity contribution in [2.24, 2.45) is 5.92 Å². The first kappa shape index (κ1) is 11.5. The molecule has 4 rings (SSSR count). The van der Waals surface area contributed by atoms with Crippen molar-refractivity contribution < 1.29 is 4.42 Å². The third-order valence-corrected chi connectivity index (χ3v) is 4.73. The number of hydrogen-bond acceptors (Lipinski definition) is 3. The molecule has 0 amide bonds. The fourth-order valence-corrected chi connectivity index (χ4v) is 3.73. The molecule has 2 saturated heterocycles. The smallest absolute Gasteiger partial charge is 0.134 e. The third kappa shape index (κ3) is 1.97. The van der Waals surface area contributed by atoms with Crippen LogP contribution in [0.2, 0.25) is 0 Å². The van der Waals surface area contributed by atoms with E-state index in [-0.39, 0.29) is 0 Å². The summed E-state index contributed by atoms with van der Waals surface area (Å²) in [6.45, 7) is 4.61. The summed E-state index contributed by atoms with van der Waals surface area (Å²) >= 11 is 0. The van der Waals surface area contributed by atoms with Gasteiger partial charge in [0, 0.05) is 30.1 Å². The van der Waals surface area contributed by atoms with Crippen molar-refractivity contribution in [2.75, 3.05) is 19.6 Å². The first-order valence-corrected chi connectivity index (χ1v) is 7.32. The normalized spacial score (nSPS) is 27.8. The van der Waals surface area contributed by atoms with E-state index in [9.17, 15) is 0 Å². The minimum Gasteiger partial charge on any atom is -0.464 e. The molecule has 3 heterocycles. The number of nitrogens with one attached hydrogen (secondary N) is 1. The van der Waals surface area contributed by atoms with Gasteiger partial charge in [-0.1, -0.05) is 18.2 Å². The summed E-state index contributed by atoms with van der Waals surface area (Å²) in [5.74, 6) is 0.854. The van der Waals surface area contributed by atoms with Gasteiger partial charge in [-0.05, 0) is 37.9 Å². The molecule has 19 heavy (non-hydrogen) atoms. The Bertz CT molecular complexity index is 577. The predicted molar refractivity (Wildman–Crippen MR) is 76.0 cm³/mol. The lowest BCUT2D eigenvalue weighted by atomic mass is 9.91. The molecule has 2 fully saturated rings. The van der Waals surface area contributed by atoms with E-state index < -0.39 is 0 Å². The lowest BCUT2D eigenvalue weighted by Crippen LogP contribution is -2.44. The second kappa shape index (κ2) is 4.66. The largest absolute Gasteiger partial charge is 0.464 e.